The standard InChI is InChI=1S/C16H16FI/c1-2-3-5-12-8-10-13(11-9-12)14-6-4-7-15(18)16(14)17/h4,6-11H,2-3,5H2,1H3. The Labute approximate surface area is 121 Å². The highest BCUT2D eigenvalue weighted by molar-refractivity contribution is 14.1. The molecule has 0 unspecified atom stereocenters. The van der Waals surface area contributed by atoms with Gasteiger partial charge in [0.05, 0.1) is 0 Å². The highest BCUT2D eigenvalue weighted by Crippen LogP contribution is 2.26. The molecule has 0 aliphatic carbocycles. The summed E-state index contributed by atoms with van der Waals surface area (Å²) in [5.41, 5.74) is 2.96. The molecule has 2 aromatic carbocycles. The lowest BCUT2D eigenvalue weighted by Gasteiger charge is -2.06. The fraction of sp³-hybridized carbons (Fsp3) is 0.250. The van der Waals surface area contributed by atoms with Gasteiger partial charge in [-0.3, -0.25) is 0 Å². The molecule has 0 aromatic heterocycles. The minimum Gasteiger partial charge on any atom is -0.205 e. The van der Waals surface area contributed by atoms with E-state index in [0.29, 0.717) is 9.13 Å². The summed E-state index contributed by atoms with van der Waals surface area (Å²) in [6.07, 6.45) is 3.51. The minimum absolute atomic E-state index is 0.126. The van der Waals surface area contributed by atoms with E-state index in [-0.39, 0.29) is 5.82 Å². The molecule has 0 radical (unpaired) electrons. The van der Waals surface area contributed by atoms with Crippen LogP contribution in [0, 0.1) is 9.39 Å². The van der Waals surface area contributed by atoms with Gasteiger partial charge in [-0.05, 0) is 52.6 Å². The first-order chi connectivity index (χ1) is 8.72. The Morgan fingerprint density at radius 3 is 2.44 bits per heavy atom. The average Bonchev–Trinajstić information content (AvgIpc) is 2.40. The molecule has 0 spiro atoms. The van der Waals surface area contributed by atoms with Gasteiger partial charge in [0.2, 0.25) is 0 Å². The van der Waals surface area contributed by atoms with Crippen molar-refractivity contribution in [3.63, 3.8) is 0 Å². The Kier molecular flexibility index (Phi) is 4.75. The highest BCUT2D eigenvalue weighted by atomic mass is 127. The SMILES string of the molecule is CCCCc1ccc(-c2cccc(I)c2F)cc1. The lowest BCUT2D eigenvalue weighted by Crippen LogP contribution is -1.89. The molecule has 0 atom stereocenters. The van der Waals surface area contributed by atoms with Crippen LogP contribution in [0.15, 0.2) is 42.5 Å². The van der Waals surface area contributed by atoms with Crippen LogP contribution in [-0.4, -0.2) is 0 Å². The molecular weight excluding hydrogens is 338 g/mol. The summed E-state index contributed by atoms with van der Waals surface area (Å²) in [5, 5.41) is 0. The van der Waals surface area contributed by atoms with Crippen molar-refractivity contribution in [1.29, 1.82) is 0 Å². The maximum atomic E-state index is 14.0. The van der Waals surface area contributed by atoms with E-state index in [1.165, 1.54) is 18.4 Å². The third-order valence-electron chi connectivity index (χ3n) is 3.04. The predicted octanol–water partition coefficient (Wildman–Crippen LogP) is 5.44. The van der Waals surface area contributed by atoms with Crippen LogP contribution >= 0.6 is 22.6 Å². The van der Waals surface area contributed by atoms with E-state index >= 15 is 0 Å². The van der Waals surface area contributed by atoms with Crippen LogP contribution in [0.25, 0.3) is 11.1 Å². The van der Waals surface area contributed by atoms with Crippen molar-refractivity contribution < 1.29 is 4.39 Å². The number of hydrogen-bond donors (Lipinski definition) is 0. The van der Waals surface area contributed by atoms with Crippen LogP contribution in [-0.2, 0) is 6.42 Å². The molecule has 0 aliphatic rings. The van der Waals surface area contributed by atoms with Crippen molar-refractivity contribution >= 4 is 22.6 Å². The largest absolute Gasteiger partial charge is 0.205 e. The highest BCUT2D eigenvalue weighted by Gasteiger charge is 2.07. The number of halogens is 2. The van der Waals surface area contributed by atoms with Gasteiger partial charge >= 0.3 is 0 Å². The third-order valence-corrected chi connectivity index (χ3v) is 3.87. The second-order valence-corrected chi connectivity index (χ2v) is 5.56. The number of rotatable bonds is 4. The first kappa shape index (κ1) is 13.5. The molecule has 2 aromatic rings. The number of benzene rings is 2. The lowest BCUT2D eigenvalue weighted by molar-refractivity contribution is 0.624. The Morgan fingerprint density at radius 1 is 1.06 bits per heavy atom. The van der Waals surface area contributed by atoms with Crippen molar-refractivity contribution in [3.05, 3.63) is 57.4 Å². The van der Waals surface area contributed by atoms with Crippen molar-refractivity contribution in [2.45, 2.75) is 26.2 Å². The molecular formula is C16H16FI. The monoisotopic (exact) mass is 354 g/mol. The first-order valence-electron chi connectivity index (χ1n) is 6.25. The normalized spacial score (nSPS) is 10.6. The molecule has 2 heteroatoms. The second-order valence-electron chi connectivity index (χ2n) is 4.40. The molecule has 94 valence electrons. The van der Waals surface area contributed by atoms with Crippen molar-refractivity contribution in [1.82, 2.24) is 0 Å². The van der Waals surface area contributed by atoms with E-state index in [1.807, 2.05) is 46.9 Å². The van der Waals surface area contributed by atoms with E-state index in [4.69, 9.17) is 0 Å². The quantitative estimate of drug-likeness (QED) is 0.642. The summed E-state index contributed by atoms with van der Waals surface area (Å²) in [6, 6.07) is 13.7. The van der Waals surface area contributed by atoms with Crippen molar-refractivity contribution in [2.75, 3.05) is 0 Å². The molecule has 0 nitrogen and oxygen atoms in total. The van der Waals surface area contributed by atoms with Gasteiger partial charge in [-0.2, -0.15) is 0 Å². The first-order valence-corrected chi connectivity index (χ1v) is 7.33. The van der Waals surface area contributed by atoms with E-state index in [1.54, 1.807) is 6.07 Å². The van der Waals surface area contributed by atoms with Crippen molar-refractivity contribution in [2.24, 2.45) is 0 Å². The van der Waals surface area contributed by atoms with E-state index < -0.39 is 0 Å². The van der Waals surface area contributed by atoms with Gasteiger partial charge in [-0.1, -0.05) is 49.7 Å². The van der Waals surface area contributed by atoms with Crippen LogP contribution in [0.3, 0.4) is 0 Å². The predicted molar refractivity (Wildman–Crippen MR) is 83.2 cm³/mol. The summed E-state index contributed by atoms with van der Waals surface area (Å²) in [6.45, 7) is 2.19. The minimum atomic E-state index is -0.126. The number of hydrogen-bond acceptors (Lipinski definition) is 0. The molecule has 0 aliphatic heterocycles. The number of unbranched alkanes of at least 4 members (excludes halogenated alkanes) is 1. The maximum Gasteiger partial charge on any atom is 0.144 e. The molecule has 0 saturated carbocycles. The van der Waals surface area contributed by atoms with Gasteiger partial charge in [-0.25, -0.2) is 4.39 Å². The fourth-order valence-electron chi connectivity index (χ4n) is 1.96. The van der Waals surface area contributed by atoms with Gasteiger partial charge in [-0.15, -0.1) is 0 Å². The molecule has 0 fully saturated rings. The summed E-state index contributed by atoms with van der Waals surface area (Å²) >= 11 is 2.03. The molecule has 0 heterocycles. The Hall–Kier alpha value is -0.900. The zero-order valence-electron chi connectivity index (χ0n) is 10.4. The molecule has 0 N–H and O–H groups in total. The van der Waals surface area contributed by atoms with Gasteiger partial charge in [0.25, 0.3) is 0 Å². The van der Waals surface area contributed by atoms with Crippen LogP contribution in [0.5, 0.6) is 0 Å². The number of aryl methyl sites for hydroxylation is 1. The zero-order valence-corrected chi connectivity index (χ0v) is 12.6. The fourth-order valence-corrected chi connectivity index (χ4v) is 2.46. The van der Waals surface area contributed by atoms with Crippen LogP contribution in [0.2, 0.25) is 0 Å². The molecule has 0 bridgehead atoms. The summed E-state index contributed by atoms with van der Waals surface area (Å²) in [5.74, 6) is -0.126. The van der Waals surface area contributed by atoms with Crippen LogP contribution in [0.1, 0.15) is 25.3 Å². The molecule has 0 saturated heterocycles. The van der Waals surface area contributed by atoms with Crippen LogP contribution in [0.4, 0.5) is 4.39 Å². The third kappa shape index (κ3) is 3.10. The summed E-state index contributed by atoms with van der Waals surface area (Å²) < 4.78 is 14.6. The zero-order chi connectivity index (χ0) is 13.0. The summed E-state index contributed by atoms with van der Waals surface area (Å²) in [4.78, 5) is 0. The average molecular weight is 354 g/mol. The summed E-state index contributed by atoms with van der Waals surface area (Å²) in [7, 11) is 0. The molecule has 18 heavy (non-hydrogen) atoms. The van der Waals surface area contributed by atoms with E-state index in [9.17, 15) is 4.39 Å². The van der Waals surface area contributed by atoms with Gasteiger partial charge in [0.15, 0.2) is 0 Å². The molecule has 0 amide bonds. The molecule has 2 rings (SSSR count). The van der Waals surface area contributed by atoms with Gasteiger partial charge < -0.3 is 0 Å². The van der Waals surface area contributed by atoms with Gasteiger partial charge in [0, 0.05) is 9.13 Å². The topological polar surface area (TPSA) is 0 Å². The van der Waals surface area contributed by atoms with Gasteiger partial charge in [0.1, 0.15) is 5.82 Å². The maximum absolute atomic E-state index is 14.0. The lowest BCUT2D eigenvalue weighted by atomic mass is 10.0. The smallest absolute Gasteiger partial charge is 0.144 e. The van der Waals surface area contributed by atoms with Crippen molar-refractivity contribution in [3.8, 4) is 11.1 Å². The van der Waals surface area contributed by atoms with E-state index in [0.717, 1.165) is 12.0 Å². The second kappa shape index (κ2) is 6.32. The van der Waals surface area contributed by atoms with E-state index in [2.05, 4.69) is 19.1 Å². The Morgan fingerprint density at radius 2 is 1.78 bits per heavy atom. The Bertz CT molecular complexity index is 517. The van der Waals surface area contributed by atoms with Crippen LogP contribution < -0.4 is 0 Å². The Balaban J connectivity index is 2.26.